The molecule has 21 heavy (non-hydrogen) atoms. The monoisotopic (exact) mass is 311 g/mol. The van der Waals surface area contributed by atoms with Gasteiger partial charge in [0, 0.05) is 24.7 Å². The van der Waals surface area contributed by atoms with E-state index in [4.69, 9.17) is 5.73 Å². The Balaban J connectivity index is 0.00000220. The second-order valence-corrected chi connectivity index (χ2v) is 5.23. The van der Waals surface area contributed by atoms with Gasteiger partial charge in [-0.25, -0.2) is 0 Å². The van der Waals surface area contributed by atoms with Gasteiger partial charge in [-0.15, -0.1) is 12.4 Å². The molecule has 1 aromatic carbocycles. The van der Waals surface area contributed by atoms with E-state index in [2.05, 4.69) is 5.32 Å². The van der Waals surface area contributed by atoms with E-state index in [9.17, 15) is 9.59 Å². The van der Waals surface area contributed by atoms with E-state index in [0.717, 1.165) is 12.8 Å². The van der Waals surface area contributed by atoms with E-state index in [-0.39, 0.29) is 30.3 Å². The van der Waals surface area contributed by atoms with Crippen molar-refractivity contribution < 1.29 is 9.59 Å². The lowest BCUT2D eigenvalue weighted by atomic mass is 10.0. The Morgan fingerprint density at radius 1 is 1.24 bits per heavy atom. The molecule has 3 N–H and O–H groups in total. The highest BCUT2D eigenvalue weighted by atomic mass is 35.5. The van der Waals surface area contributed by atoms with Crippen molar-refractivity contribution in [2.45, 2.75) is 31.8 Å². The average Bonchev–Trinajstić information content (AvgIpc) is 2.48. The number of nitrogens with one attached hydrogen (secondary N) is 1. The number of hydrogen-bond acceptors (Lipinski definition) is 3. The minimum Gasteiger partial charge on any atom is -0.352 e. The molecule has 1 aromatic rings. The van der Waals surface area contributed by atoms with Gasteiger partial charge in [0.05, 0.1) is 6.04 Å². The summed E-state index contributed by atoms with van der Waals surface area (Å²) in [5.74, 6) is -0.0691. The van der Waals surface area contributed by atoms with Crippen molar-refractivity contribution in [1.29, 1.82) is 0 Å². The summed E-state index contributed by atoms with van der Waals surface area (Å²) in [4.78, 5) is 25.6. The van der Waals surface area contributed by atoms with Crippen LogP contribution in [0.4, 0.5) is 0 Å². The maximum absolute atomic E-state index is 12.3. The summed E-state index contributed by atoms with van der Waals surface area (Å²) in [6, 6.07) is 8.91. The van der Waals surface area contributed by atoms with E-state index < -0.39 is 6.04 Å². The van der Waals surface area contributed by atoms with Gasteiger partial charge in [-0.3, -0.25) is 9.59 Å². The van der Waals surface area contributed by atoms with Crippen LogP contribution in [0.3, 0.4) is 0 Å². The minimum atomic E-state index is -0.487. The van der Waals surface area contributed by atoms with E-state index in [1.54, 1.807) is 6.92 Å². The molecule has 1 heterocycles. The topological polar surface area (TPSA) is 75.4 Å². The van der Waals surface area contributed by atoms with Crippen LogP contribution in [0.5, 0.6) is 0 Å². The molecule has 6 heteroatoms. The first-order valence-electron chi connectivity index (χ1n) is 6.98. The van der Waals surface area contributed by atoms with Crippen molar-refractivity contribution in [3.63, 3.8) is 0 Å². The third-order valence-corrected chi connectivity index (χ3v) is 3.56. The summed E-state index contributed by atoms with van der Waals surface area (Å²) in [5, 5.41) is 2.92. The highest BCUT2D eigenvalue weighted by Gasteiger charge is 2.24. The number of piperidine rings is 1. The molecule has 1 aliphatic heterocycles. The zero-order chi connectivity index (χ0) is 14.5. The van der Waals surface area contributed by atoms with Gasteiger partial charge < -0.3 is 16.0 Å². The van der Waals surface area contributed by atoms with E-state index in [0.29, 0.717) is 18.7 Å². The summed E-state index contributed by atoms with van der Waals surface area (Å²) >= 11 is 0. The first kappa shape index (κ1) is 17.5. The Morgan fingerprint density at radius 3 is 2.33 bits per heavy atom. The molecule has 0 radical (unpaired) electrons. The lowest BCUT2D eigenvalue weighted by Crippen LogP contribution is -2.49. The molecule has 1 saturated heterocycles. The molecule has 0 spiro atoms. The van der Waals surface area contributed by atoms with Crippen molar-refractivity contribution >= 4 is 24.2 Å². The van der Waals surface area contributed by atoms with Crippen molar-refractivity contribution in [1.82, 2.24) is 10.2 Å². The fourth-order valence-corrected chi connectivity index (χ4v) is 2.32. The lowest BCUT2D eigenvalue weighted by molar-refractivity contribution is -0.122. The minimum absolute atomic E-state index is 0. The summed E-state index contributed by atoms with van der Waals surface area (Å²) in [6.45, 7) is 3.00. The molecule has 116 valence electrons. The number of hydrogen-bond donors (Lipinski definition) is 2. The molecule has 0 aromatic heterocycles. The zero-order valence-electron chi connectivity index (χ0n) is 12.1. The SMILES string of the molecule is C[C@@H](N)C(=O)NC1CCN(C(=O)c2ccccc2)CC1.Cl. The first-order chi connectivity index (χ1) is 9.58. The van der Waals surface area contributed by atoms with Crippen LogP contribution in [-0.2, 0) is 4.79 Å². The van der Waals surface area contributed by atoms with Crippen LogP contribution in [0.15, 0.2) is 30.3 Å². The maximum Gasteiger partial charge on any atom is 0.253 e. The third kappa shape index (κ3) is 4.72. The van der Waals surface area contributed by atoms with Crippen LogP contribution < -0.4 is 11.1 Å². The molecule has 0 bridgehead atoms. The van der Waals surface area contributed by atoms with Crippen LogP contribution in [0, 0.1) is 0 Å². The molecule has 0 aliphatic carbocycles. The van der Waals surface area contributed by atoms with Gasteiger partial charge in [0.1, 0.15) is 0 Å². The molecule has 2 amide bonds. The number of nitrogens with two attached hydrogens (primary N) is 1. The number of amides is 2. The van der Waals surface area contributed by atoms with E-state index in [1.807, 2.05) is 35.2 Å². The molecule has 0 unspecified atom stereocenters. The van der Waals surface area contributed by atoms with Gasteiger partial charge in [0.2, 0.25) is 5.91 Å². The molecule has 2 rings (SSSR count). The van der Waals surface area contributed by atoms with Crippen molar-refractivity contribution in [3.05, 3.63) is 35.9 Å². The number of nitrogens with zero attached hydrogens (tertiary/aromatic N) is 1. The average molecular weight is 312 g/mol. The van der Waals surface area contributed by atoms with Crippen molar-refractivity contribution in [2.75, 3.05) is 13.1 Å². The fraction of sp³-hybridized carbons (Fsp3) is 0.467. The van der Waals surface area contributed by atoms with Crippen LogP contribution in [0.25, 0.3) is 0 Å². The van der Waals surface area contributed by atoms with Crippen LogP contribution in [0.1, 0.15) is 30.1 Å². The summed E-state index contributed by atoms with van der Waals surface area (Å²) in [7, 11) is 0. The molecular weight excluding hydrogens is 290 g/mol. The Labute approximate surface area is 131 Å². The second-order valence-electron chi connectivity index (χ2n) is 5.23. The molecule has 0 saturated carbocycles. The van der Waals surface area contributed by atoms with Gasteiger partial charge in [-0.1, -0.05) is 18.2 Å². The number of rotatable bonds is 3. The lowest BCUT2D eigenvalue weighted by Gasteiger charge is -2.32. The Morgan fingerprint density at radius 2 is 1.81 bits per heavy atom. The van der Waals surface area contributed by atoms with Gasteiger partial charge in [0.15, 0.2) is 0 Å². The number of halogens is 1. The van der Waals surface area contributed by atoms with Gasteiger partial charge in [-0.2, -0.15) is 0 Å². The maximum atomic E-state index is 12.3. The smallest absolute Gasteiger partial charge is 0.253 e. The van der Waals surface area contributed by atoms with Crippen molar-refractivity contribution in [3.8, 4) is 0 Å². The normalized spacial score (nSPS) is 16.8. The number of benzene rings is 1. The van der Waals surface area contributed by atoms with E-state index in [1.165, 1.54) is 0 Å². The molecule has 1 fully saturated rings. The van der Waals surface area contributed by atoms with Gasteiger partial charge >= 0.3 is 0 Å². The van der Waals surface area contributed by atoms with Crippen LogP contribution in [0.2, 0.25) is 0 Å². The van der Waals surface area contributed by atoms with Crippen LogP contribution in [-0.4, -0.2) is 41.9 Å². The molecule has 5 nitrogen and oxygen atoms in total. The Hall–Kier alpha value is -1.59. The fourth-order valence-electron chi connectivity index (χ4n) is 2.32. The standard InChI is InChI=1S/C15H21N3O2.ClH/c1-11(16)14(19)17-13-7-9-18(10-8-13)15(20)12-5-3-2-4-6-12;/h2-6,11,13H,7-10,16H2,1H3,(H,17,19);1H/t11-;/m1./s1. The quantitative estimate of drug-likeness (QED) is 0.880. The highest BCUT2D eigenvalue weighted by Crippen LogP contribution is 2.14. The summed E-state index contributed by atoms with van der Waals surface area (Å²) < 4.78 is 0. The van der Waals surface area contributed by atoms with Gasteiger partial charge in [-0.05, 0) is 31.9 Å². The van der Waals surface area contributed by atoms with E-state index >= 15 is 0 Å². The number of carbonyl (C=O) groups is 2. The predicted octanol–water partition coefficient (Wildman–Crippen LogP) is 1.18. The van der Waals surface area contributed by atoms with Crippen LogP contribution >= 0.6 is 12.4 Å². The summed E-state index contributed by atoms with van der Waals surface area (Å²) in [6.07, 6.45) is 1.55. The molecule has 1 aliphatic rings. The highest BCUT2D eigenvalue weighted by molar-refractivity contribution is 5.94. The number of likely N-dealkylation sites (tertiary alicyclic amines) is 1. The van der Waals surface area contributed by atoms with Gasteiger partial charge in [0.25, 0.3) is 5.91 Å². The second kappa shape index (κ2) is 8.00. The van der Waals surface area contributed by atoms with Crippen molar-refractivity contribution in [2.24, 2.45) is 5.73 Å². The zero-order valence-corrected chi connectivity index (χ0v) is 12.9. The number of carbonyl (C=O) groups excluding carboxylic acids is 2. The first-order valence-corrected chi connectivity index (χ1v) is 6.98. The summed E-state index contributed by atoms with van der Waals surface area (Å²) in [5.41, 5.74) is 6.24. The molecule has 1 atom stereocenters. The molecular formula is C15H22ClN3O2. The largest absolute Gasteiger partial charge is 0.352 e. The third-order valence-electron chi connectivity index (χ3n) is 3.56. The predicted molar refractivity (Wildman–Crippen MR) is 84.4 cm³/mol. The Bertz CT molecular complexity index is 471. The Kier molecular flexibility index (Phi) is 6.65.